The van der Waals surface area contributed by atoms with Crippen molar-refractivity contribution in [1.82, 2.24) is 0 Å². The maximum absolute atomic E-state index is 9.38. The van der Waals surface area contributed by atoms with Crippen LogP contribution in [-0.4, -0.2) is 11.2 Å². The van der Waals surface area contributed by atoms with Gasteiger partial charge in [-0.2, -0.15) is 0 Å². The first-order valence-corrected chi connectivity index (χ1v) is 4.72. The zero-order valence-electron chi connectivity index (χ0n) is 8.77. The minimum atomic E-state index is -0.864. The molecule has 1 aromatic rings. The van der Waals surface area contributed by atoms with E-state index in [4.69, 9.17) is 6.42 Å². The number of allylic oxidation sites excluding steroid dienone is 2. The van der Waals surface area contributed by atoms with Gasteiger partial charge in [-0.15, -0.1) is 6.42 Å². The van der Waals surface area contributed by atoms with Gasteiger partial charge in [0.15, 0.2) is 0 Å². The van der Waals surface area contributed by atoms with Crippen LogP contribution in [0.1, 0.15) is 12.5 Å². The molecule has 1 rings (SSSR count). The van der Waals surface area contributed by atoms with Gasteiger partial charge < -0.3 is 5.11 Å². The van der Waals surface area contributed by atoms with Gasteiger partial charge in [-0.1, -0.05) is 48.4 Å². The Balaban J connectivity index is 3.11. The van der Waals surface area contributed by atoms with Gasteiger partial charge in [0.2, 0.25) is 0 Å². The van der Waals surface area contributed by atoms with Gasteiger partial charge in [0.05, 0.1) is 0 Å². The molecule has 1 aromatic carbocycles. The van der Waals surface area contributed by atoms with Crippen molar-refractivity contribution in [1.29, 1.82) is 0 Å². The number of aliphatic hydroxyl groups excluding tert-OH is 1. The van der Waals surface area contributed by atoms with Crippen LogP contribution in [0.5, 0.6) is 0 Å². The van der Waals surface area contributed by atoms with E-state index >= 15 is 0 Å². The van der Waals surface area contributed by atoms with Crippen LogP contribution in [-0.2, 0) is 0 Å². The molecule has 0 saturated carbocycles. The average molecular weight is 198 g/mol. The van der Waals surface area contributed by atoms with Gasteiger partial charge in [-0.25, -0.2) is 0 Å². The third-order valence-corrected chi connectivity index (χ3v) is 2.04. The summed E-state index contributed by atoms with van der Waals surface area (Å²) >= 11 is 0. The molecule has 1 atom stereocenters. The summed E-state index contributed by atoms with van der Waals surface area (Å²) in [6.07, 6.45) is 5.90. The first-order chi connectivity index (χ1) is 7.15. The van der Waals surface area contributed by atoms with Gasteiger partial charge in [0.1, 0.15) is 6.10 Å². The lowest BCUT2D eigenvalue weighted by Crippen LogP contribution is -1.99. The molecule has 0 fully saturated rings. The van der Waals surface area contributed by atoms with E-state index in [0.717, 1.165) is 16.7 Å². The molecule has 0 bridgehead atoms. The van der Waals surface area contributed by atoms with Crippen molar-refractivity contribution in [3.63, 3.8) is 0 Å². The maximum Gasteiger partial charge on any atom is 0.134 e. The van der Waals surface area contributed by atoms with Crippen molar-refractivity contribution in [2.45, 2.75) is 13.0 Å². The normalized spacial score (nSPS) is 13.0. The number of rotatable bonds is 3. The summed E-state index contributed by atoms with van der Waals surface area (Å²) in [6, 6.07) is 9.74. The molecule has 0 aliphatic carbocycles. The molecule has 1 heteroatoms. The van der Waals surface area contributed by atoms with E-state index < -0.39 is 6.10 Å². The molecular formula is C14H14O. The molecule has 15 heavy (non-hydrogen) atoms. The standard InChI is InChI=1S/C14H14O/c1-4-13(15)10-14(11(2)3)12-8-6-5-7-9-12/h1,5-10,13,15H,2H2,3H3/b14-10+. The first kappa shape index (κ1) is 11.3. The summed E-state index contributed by atoms with van der Waals surface area (Å²) in [5, 5.41) is 9.38. The van der Waals surface area contributed by atoms with Crippen LogP contribution in [0.3, 0.4) is 0 Å². The van der Waals surface area contributed by atoms with Crippen LogP contribution in [0.4, 0.5) is 0 Å². The summed E-state index contributed by atoms with van der Waals surface area (Å²) in [6.45, 7) is 5.76. The van der Waals surface area contributed by atoms with E-state index in [9.17, 15) is 5.11 Å². The Labute approximate surface area is 90.8 Å². The Morgan fingerprint density at radius 3 is 2.53 bits per heavy atom. The van der Waals surface area contributed by atoms with Crippen molar-refractivity contribution < 1.29 is 5.11 Å². The van der Waals surface area contributed by atoms with E-state index in [1.165, 1.54) is 0 Å². The summed E-state index contributed by atoms with van der Waals surface area (Å²) in [5.41, 5.74) is 2.79. The highest BCUT2D eigenvalue weighted by molar-refractivity contribution is 5.78. The largest absolute Gasteiger partial charge is 0.377 e. The van der Waals surface area contributed by atoms with E-state index in [2.05, 4.69) is 12.5 Å². The molecule has 0 amide bonds. The lowest BCUT2D eigenvalue weighted by Gasteiger charge is -2.08. The predicted molar refractivity (Wildman–Crippen MR) is 64.1 cm³/mol. The van der Waals surface area contributed by atoms with E-state index in [1.54, 1.807) is 6.08 Å². The molecule has 76 valence electrons. The number of hydrogen-bond acceptors (Lipinski definition) is 1. The topological polar surface area (TPSA) is 20.2 Å². The minimum Gasteiger partial charge on any atom is -0.377 e. The van der Waals surface area contributed by atoms with Crippen molar-refractivity contribution in [3.8, 4) is 12.3 Å². The van der Waals surface area contributed by atoms with Crippen LogP contribution in [0.15, 0.2) is 48.6 Å². The summed E-state index contributed by atoms with van der Waals surface area (Å²) in [4.78, 5) is 0. The van der Waals surface area contributed by atoms with Gasteiger partial charge in [0, 0.05) is 0 Å². The summed E-state index contributed by atoms with van der Waals surface area (Å²) in [5.74, 6) is 2.26. The zero-order valence-corrected chi connectivity index (χ0v) is 8.77. The number of hydrogen-bond donors (Lipinski definition) is 1. The second-order valence-corrected chi connectivity index (χ2v) is 3.34. The molecule has 1 nitrogen and oxygen atoms in total. The number of terminal acetylenes is 1. The molecule has 0 aliphatic heterocycles. The molecule has 0 radical (unpaired) electrons. The van der Waals surface area contributed by atoms with E-state index in [1.807, 2.05) is 37.3 Å². The Morgan fingerprint density at radius 1 is 1.47 bits per heavy atom. The molecular weight excluding hydrogens is 184 g/mol. The molecule has 0 heterocycles. The Bertz CT molecular complexity index is 407. The van der Waals surface area contributed by atoms with Crippen molar-refractivity contribution >= 4 is 5.57 Å². The van der Waals surface area contributed by atoms with E-state index in [0.29, 0.717) is 0 Å². The van der Waals surface area contributed by atoms with Crippen LogP contribution >= 0.6 is 0 Å². The molecule has 0 spiro atoms. The highest BCUT2D eigenvalue weighted by Crippen LogP contribution is 2.21. The summed E-state index contributed by atoms with van der Waals surface area (Å²) in [7, 11) is 0. The molecule has 1 N–H and O–H groups in total. The SMILES string of the molecule is C#CC(O)/C=C(\C(=C)C)c1ccccc1. The maximum atomic E-state index is 9.38. The van der Waals surface area contributed by atoms with Crippen LogP contribution in [0.25, 0.3) is 5.57 Å². The Hall–Kier alpha value is -1.78. The number of benzene rings is 1. The van der Waals surface area contributed by atoms with Gasteiger partial charge >= 0.3 is 0 Å². The van der Waals surface area contributed by atoms with Gasteiger partial charge in [-0.3, -0.25) is 0 Å². The lowest BCUT2D eigenvalue weighted by atomic mass is 9.98. The average Bonchev–Trinajstić information content (AvgIpc) is 2.26. The molecule has 0 aromatic heterocycles. The van der Waals surface area contributed by atoms with Crippen molar-refractivity contribution in [2.75, 3.05) is 0 Å². The fraction of sp³-hybridized carbons (Fsp3) is 0.143. The monoisotopic (exact) mass is 198 g/mol. The lowest BCUT2D eigenvalue weighted by molar-refractivity contribution is 0.281. The fourth-order valence-corrected chi connectivity index (χ4v) is 1.31. The fourth-order valence-electron chi connectivity index (χ4n) is 1.31. The van der Waals surface area contributed by atoms with Crippen LogP contribution < -0.4 is 0 Å². The minimum absolute atomic E-state index is 0.864. The highest BCUT2D eigenvalue weighted by atomic mass is 16.3. The van der Waals surface area contributed by atoms with Crippen molar-refractivity contribution in [2.24, 2.45) is 0 Å². The summed E-state index contributed by atoms with van der Waals surface area (Å²) < 4.78 is 0. The number of aliphatic hydroxyl groups is 1. The molecule has 0 aliphatic rings. The van der Waals surface area contributed by atoms with Crippen LogP contribution in [0, 0.1) is 12.3 Å². The van der Waals surface area contributed by atoms with E-state index in [-0.39, 0.29) is 0 Å². The third-order valence-electron chi connectivity index (χ3n) is 2.04. The Kier molecular flexibility index (Phi) is 3.91. The molecule has 0 saturated heterocycles. The second-order valence-electron chi connectivity index (χ2n) is 3.34. The first-order valence-electron chi connectivity index (χ1n) is 4.72. The highest BCUT2D eigenvalue weighted by Gasteiger charge is 2.03. The van der Waals surface area contributed by atoms with Gasteiger partial charge in [-0.05, 0) is 24.1 Å². The second kappa shape index (κ2) is 5.19. The Morgan fingerprint density at radius 2 is 2.07 bits per heavy atom. The quantitative estimate of drug-likeness (QED) is 0.584. The smallest absolute Gasteiger partial charge is 0.134 e. The van der Waals surface area contributed by atoms with Gasteiger partial charge in [0.25, 0.3) is 0 Å². The van der Waals surface area contributed by atoms with Crippen molar-refractivity contribution in [3.05, 3.63) is 54.1 Å². The third kappa shape index (κ3) is 3.12. The zero-order chi connectivity index (χ0) is 11.3. The molecule has 1 unspecified atom stereocenters. The predicted octanol–water partition coefficient (Wildman–Crippen LogP) is 2.64. The van der Waals surface area contributed by atoms with Crippen LogP contribution in [0.2, 0.25) is 0 Å².